The topological polar surface area (TPSA) is 0 Å². The third kappa shape index (κ3) is 4.51. The first-order valence-corrected chi connectivity index (χ1v) is 7.59. The van der Waals surface area contributed by atoms with Crippen molar-refractivity contribution in [3.63, 3.8) is 0 Å². The largest absolute Gasteiger partial charge is 0.103 e. The van der Waals surface area contributed by atoms with Gasteiger partial charge in [-0.05, 0) is 42.6 Å². The van der Waals surface area contributed by atoms with E-state index in [-0.39, 0.29) is 7.92 Å². The van der Waals surface area contributed by atoms with Gasteiger partial charge in [-0.3, -0.25) is 0 Å². The van der Waals surface area contributed by atoms with Crippen LogP contribution in [0.25, 0.3) is 0 Å². The summed E-state index contributed by atoms with van der Waals surface area (Å²) in [4.78, 5) is 0. The lowest BCUT2D eigenvalue weighted by Gasteiger charge is -2.16. The summed E-state index contributed by atoms with van der Waals surface area (Å²) in [6.45, 7) is 7.58. The quantitative estimate of drug-likeness (QED) is 0.491. The Balaban J connectivity index is 2.69. The standard InChI is InChI=1S/C14H18ClP/c1-3-5-11-16(12-6-4-2)14-9-7-13(15)8-10-14/h3-4,7-10H,1-2,5-6,11-12H2. The molecule has 0 unspecified atom stereocenters. The molecule has 0 bridgehead atoms. The number of halogens is 1. The van der Waals surface area contributed by atoms with Crippen molar-refractivity contribution in [2.24, 2.45) is 0 Å². The van der Waals surface area contributed by atoms with E-state index in [4.69, 9.17) is 11.6 Å². The van der Waals surface area contributed by atoms with Gasteiger partial charge in [0.25, 0.3) is 0 Å². The summed E-state index contributed by atoms with van der Waals surface area (Å²) in [5, 5.41) is 2.24. The van der Waals surface area contributed by atoms with Crippen LogP contribution < -0.4 is 5.30 Å². The molecule has 2 heteroatoms. The van der Waals surface area contributed by atoms with Gasteiger partial charge < -0.3 is 0 Å². The van der Waals surface area contributed by atoms with Gasteiger partial charge in [-0.25, -0.2) is 0 Å². The second-order valence-corrected chi connectivity index (χ2v) is 6.55. The van der Waals surface area contributed by atoms with Crippen LogP contribution in [0.3, 0.4) is 0 Å². The fourth-order valence-corrected chi connectivity index (χ4v) is 3.94. The molecule has 0 aliphatic rings. The van der Waals surface area contributed by atoms with Crippen LogP contribution in [0.15, 0.2) is 49.6 Å². The van der Waals surface area contributed by atoms with Crippen molar-refractivity contribution in [3.05, 3.63) is 54.6 Å². The average Bonchev–Trinajstić information content (AvgIpc) is 2.31. The van der Waals surface area contributed by atoms with Gasteiger partial charge in [0, 0.05) is 5.02 Å². The summed E-state index contributed by atoms with van der Waals surface area (Å²) in [5.41, 5.74) is 0. The van der Waals surface area contributed by atoms with E-state index in [2.05, 4.69) is 25.3 Å². The molecule has 0 amide bonds. The molecule has 0 spiro atoms. The third-order valence-electron chi connectivity index (χ3n) is 2.40. The zero-order chi connectivity index (χ0) is 11.8. The van der Waals surface area contributed by atoms with Crippen LogP contribution in [0.5, 0.6) is 0 Å². The minimum atomic E-state index is -0.0811. The van der Waals surface area contributed by atoms with E-state index in [1.807, 2.05) is 24.3 Å². The van der Waals surface area contributed by atoms with Gasteiger partial charge in [-0.1, -0.05) is 43.8 Å². The molecule has 0 N–H and O–H groups in total. The fourth-order valence-electron chi connectivity index (χ4n) is 1.52. The minimum Gasteiger partial charge on any atom is -0.103 e. The van der Waals surface area contributed by atoms with Crippen LogP contribution in [-0.2, 0) is 0 Å². The number of benzene rings is 1. The maximum Gasteiger partial charge on any atom is 0.0406 e. The monoisotopic (exact) mass is 252 g/mol. The first-order valence-electron chi connectivity index (χ1n) is 5.50. The normalized spacial score (nSPS) is 10.4. The molecule has 0 fully saturated rings. The van der Waals surface area contributed by atoms with Gasteiger partial charge in [0.15, 0.2) is 0 Å². The molecule has 0 aromatic heterocycles. The summed E-state index contributed by atoms with van der Waals surface area (Å²) in [5.74, 6) is 0. The molecule has 0 atom stereocenters. The predicted octanol–water partition coefficient (Wildman–Crippen LogP) is 4.60. The molecule has 86 valence electrons. The summed E-state index contributed by atoms with van der Waals surface area (Å²) in [6, 6.07) is 8.27. The summed E-state index contributed by atoms with van der Waals surface area (Å²) in [6.07, 6.45) is 8.61. The molecular weight excluding hydrogens is 235 g/mol. The van der Waals surface area contributed by atoms with Crippen molar-refractivity contribution >= 4 is 24.8 Å². The predicted molar refractivity (Wildman–Crippen MR) is 77.4 cm³/mol. The number of hydrogen-bond donors (Lipinski definition) is 0. The molecule has 1 aromatic rings. The fraction of sp³-hybridized carbons (Fsp3) is 0.286. The molecule has 1 aromatic carbocycles. The highest BCUT2D eigenvalue weighted by Crippen LogP contribution is 2.36. The number of rotatable bonds is 7. The molecule has 1 rings (SSSR count). The lowest BCUT2D eigenvalue weighted by molar-refractivity contribution is 1.19. The minimum absolute atomic E-state index is 0.0811. The summed E-state index contributed by atoms with van der Waals surface area (Å²) in [7, 11) is -0.0811. The molecule has 0 saturated carbocycles. The molecule has 0 aliphatic carbocycles. The average molecular weight is 253 g/mol. The zero-order valence-electron chi connectivity index (χ0n) is 9.53. The van der Waals surface area contributed by atoms with E-state index >= 15 is 0 Å². The Morgan fingerprint density at radius 2 is 1.50 bits per heavy atom. The van der Waals surface area contributed by atoms with Crippen LogP contribution in [0.4, 0.5) is 0 Å². The van der Waals surface area contributed by atoms with Crippen molar-refractivity contribution in [1.29, 1.82) is 0 Å². The molecule has 0 heterocycles. The first kappa shape index (κ1) is 13.5. The molecule has 0 nitrogen and oxygen atoms in total. The van der Waals surface area contributed by atoms with Gasteiger partial charge in [0.2, 0.25) is 0 Å². The van der Waals surface area contributed by atoms with Crippen molar-refractivity contribution < 1.29 is 0 Å². The Morgan fingerprint density at radius 3 is 1.94 bits per heavy atom. The highest BCUT2D eigenvalue weighted by atomic mass is 35.5. The van der Waals surface area contributed by atoms with Gasteiger partial charge in [-0.2, -0.15) is 0 Å². The maximum atomic E-state index is 5.90. The SMILES string of the molecule is C=CCCP(CCC=C)c1ccc(Cl)cc1. The van der Waals surface area contributed by atoms with E-state index in [0.717, 1.165) is 17.9 Å². The van der Waals surface area contributed by atoms with Crippen molar-refractivity contribution in [1.82, 2.24) is 0 Å². The van der Waals surface area contributed by atoms with E-state index in [9.17, 15) is 0 Å². The van der Waals surface area contributed by atoms with Crippen molar-refractivity contribution in [2.75, 3.05) is 12.3 Å². The second kappa shape index (κ2) is 7.65. The van der Waals surface area contributed by atoms with Crippen LogP contribution in [0, 0.1) is 0 Å². The van der Waals surface area contributed by atoms with Gasteiger partial charge in [-0.15, -0.1) is 13.2 Å². The lowest BCUT2D eigenvalue weighted by atomic mass is 10.4. The second-order valence-electron chi connectivity index (χ2n) is 3.62. The Kier molecular flexibility index (Phi) is 6.45. The van der Waals surface area contributed by atoms with Crippen LogP contribution in [0.1, 0.15) is 12.8 Å². The third-order valence-corrected chi connectivity index (χ3v) is 5.27. The summed E-state index contributed by atoms with van der Waals surface area (Å²) >= 11 is 5.90. The molecule has 0 saturated heterocycles. The van der Waals surface area contributed by atoms with E-state index in [1.165, 1.54) is 17.6 Å². The van der Waals surface area contributed by atoms with Gasteiger partial charge in [0.05, 0.1) is 0 Å². The maximum absolute atomic E-state index is 5.90. The Labute approximate surface area is 105 Å². The zero-order valence-corrected chi connectivity index (χ0v) is 11.2. The van der Waals surface area contributed by atoms with Crippen molar-refractivity contribution in [3.8, 4) is 0 Å². The first-order chi connectivity index (χ1) is 7.77. The van der Waals surface area contributed by atoms with Crippen LogP contribution in [0.2, 0.25) is 5.02 Å². The number of hydrogen-bond acceptors (Lipinski definition) is 0. The molecule has 0 aliphatic heterocycles. The van der Waals surface area contributed by atoms with Crippen LogP contribution >= 0.6 is 19.5 Å². The summed E-state index contributed by atoms with van der Waals surface area (Å²) < 4.78 is 0. The smallest absolute Gasteiger partial charge is 0.0406 e. The van der Waals surface area contributed by atoms with Crippen LogP contribution in [-0.4, -0.2) is 12.3 Å². The highest BCUT2D eigenvalue weighted by molar-refractivity contribution is 7.65. The molecule has 0 radical (unpaired) electrons. The number of allylic oxidation sites excluding steroid dienone is 2. The van der Waals surface area contributed by atoms with Gasteiger partial charge in [0.1, 0.15) is 0 Å². The van der Waals surface area contributed by atoms with Gasteiger partial charge >= 0.3 is 0 Å². The van der Waals surface area contributed by atoms with E-state index in [0.29, 0.717) is 0 Å². The highest BCUT2D eigenvalue weighted by Gasteiger charge is 2.08. The Bertz CT molecular complexity index is 317. The van der Waals surface area contributed by atoms with E-state index in [1.54, 1.807) is 0 Å². The van der Waals surface area contributed by atoms with E-state index < -0.39 is 0 Å². The Hall–Kier alpha value is -0.580. The van der Waals surface area contributed by atoms with Crippen molar-refractivity contribution in [2.45, 2.75) is 12.8 Å². The Morgan fingerprint density at radius 1 is 1.00 bits per heavy atom. The lowest BCUT2D eigenvalue weighted by Crippen LogP contribution is -2.05. The molecular formula is C14H18ClP. The molecule has 16 heavy (non-hydrogen) atoms.